The molecule has 2 rings (SSSR count). The molecule has 16 heavy (non-hydrogen) atoms. The van der Waals surface area contributed by atoms with E-state index in [-0.39, 0.29) is 11.6 Å². The van der Waals surface area contributed by atoms with Gasteiger partial charge in [-0.1, -0.05) is 19.3 Å². The molecule has 1 heterocycles. The van der Waals surface area contributed by atoms with Crippen LogP contribution in [0.2, 0.25) is 0 Å². The van der Waals surface area contributed by atoms with Crippen LogP contribution in [0.15, 0.2) is 15.5 Å². The van der Waals surface area contributed by atoms with Gasteiger partial charge in [0.05, 0.1) is 19.3 Å². The van der Waals surface area contributed by atoms with Gasteiger partial charge in [0.25, 0.3) is 5.56 Å². The molecule has 0 amide bonds. The van der Waals surface area contributed by atoms with Crippen LogP contribution >= 0.6 is 15.9 Å². The van der Waals surface area contributed by atoms with E-state index >= 15 is 0 Å². The lowest BCUT2D eigenvalue weighted by Crippen LogP contribution is -2.29. The lowest BCUT2D eigenvalue weighted by Gasteiger charge is -2.22. The van der Waals surface area contributed by atoms with E-state index in [1.807, 2.05) is 0 Å². The van der Waals surface area contributed by atoms with Crippen molar-refractivity contribution in [3.05, 3.63) is 21.0 Å². The molecule has 0 bridgehead atoms. The van der Waals surface area contributed by atoms with Gasteiger partial charge in [-0.3, -0.25) is 4.79 Å². The van der Waals surface area contributed by atoms with Crippen LogP contribution in [0.25, 0.3) is 0 Å². The smallest absolute Gasteiger partial charge is 0.285 e. The van der Waals surface area contributed by atoms with Crippen molar-refractivity contribution in [2.24, 2.45) is 0 Å². The summed E-state index contributed by atoms with van der Waals surface area (Å²) < 4.78 is 7.10. The summed E-state index contributed by atoms with van der Waals surface area (Å²) in [4.78, 5) is 12.0. The molecule has 1 saturated carbocycles. The monoisotopic (exact) mass is 286 g/mol. The molecule has 88 valence electrons. The molecule has 0 saturated heterocycles. The number of nitrogens with zero attached hydrogens (tertiary/aromatic N) is 2. The molecular formula is C11H15BrN2O2. The molecule has 0 N–H and O–H groups in total. The highest BCUT2D eigenvalue weighted by atomic mass is 79.9. The molecule has 4 nitrogen and oxygen atoms in total. The van der Waals surface area contributed by atoms with E-state index in [1.54, 1.807) is 10.9 Å². The minimum absolute atomic E-state index is 0.0914. The Kier molecular flexibility index (Phi) is 3.63. The first-order chi connectivity index (χ1) is 7.74. The third-order valence-electron chi connectivity index (χ3n) is 3.05. The summed E-state index contributed by atoms with van der Waals surface area (Å²) in [6.07, 6.45) is 7.32. The topological polar surface area (TPSA) is 44.1 Å². The normalized spacial score (nSPS) is 17.4. The van der Waals surface area contributed by atoms with Gasteiger partial charge < -0.3 is 4.74 Å². The summed E-state index contributed by atoms with van der Waals surface area (Å²) in [6, 6.07) is 0.253. The van der Waals surface area contributed by atoms with Crippen molar-refractivity contribution in [3.63, 3.8) is 0 Å². The first-order valence-corrected chi connectivity index (χ1v) is 6.34. The number of aromatic nitrogens is 2. The Morgan fingerprint density at radius 2 is 2.12 bits per heavy atom. The number of rotatable bonds is 2. The van der Waals surface area contributed by atoms with Crippen LogP contribution in [-0.2, 0) is 0 Å². The van der Waals surface area contributed by atoms with Gasteiger partial charge in [-0.15, -0.1) is 0 Å². The van der Waals surface area contributed by atoms with E-state index in [1.165, 1.54) is 26.4 Å². The second-order valence-corrected chi connectivity index (χ2v) is 4.86. The third kappa shape index (κ3) is 2.14. The van der Waals surface area contributed by atoms with Gasteiger partial charge in [-0.05, 0) is 28.8 Å². The highest BCUT2D eigenvalue weighted by Gasteiger charge is 2.19. The maximum atomic E-state index is 12.0. The predicted octanol–water partition coefficient (Wildman–Crippen LogP) is 2.52. The SMILES string of the molecule is COc1cnn(C2CCCCC2)c(=O)c1Br. The fourth-order valence-electron chi connectivity index (χ4n) is 2.16. The largest absolute Gasteiger partial charge is 0.494 e. The number of methoxy groups -OCH3 is 1. The maximum Gasteiger partial charge on any atom is 0.285 e. The second-order valence-electron chi connectivity index (χ2n) is 4.07. The molecule has 0 atom stereocenters. The lowest BCUT2D eigenvalue weighted by atomic mass is 9.96. The Balaban J connectivity index is 2.34. The first kappa shape index (κ1) is 11.6. The maximum absolute atomic E-state index is 12.0. The number of halogens is 1. The Hall–Kier alpha value is -0.840. The Morgan fingerprint density at radius 3 is 2.75 bits per heavy atom. The van der Waals surface area contributed by atoms with Gasteiger partial charge >= 0.3 is 0 Å². The highest BCUT2D eigenvalue weighted by Crippen LogP contribution is 2.27. The fraction of sp³-hybridized carbons (Fsp3) is 0.636. The van der Waals surface area contributed by atoms with Crippen LogP contribution in [-0.4, -0.2) is 16.9 Å². The molecule has 0 unspecified atom stereocenters. The number of hydrogen-bond acceptors (Lipinski definition) is 3. The summed E-state index contributed by atoms with van der Waals surface area (Å²) in [7, 11) is 1.53. The van der Waals surface area contributed by atoms with Gasteiger partial charge in [-0.2, -0.15) is 5.10 Å². The van der Waals surface area contributed by atoms with Crippen LogP contribution < -0.4 is 10.3 Å². The Bertz CT molecular complexity index is 424. The molecule has 1 aromatic heterocycles. The molecular weight excluding hydrogens is 272 g/mol. The van der Waals surface area contributed by atoms with Gasteiger partial charge in [-0.25, -0.2) is 4.68 Å². The third-order valence-corrected chi connectivity index (χ3v) is 3.78. The number of ether oxygens (including phenoxy) is 1. The van der Waals surface area contributed by atoms with Gasteiger partial charge in [0.15, 0.2) is 5.75 Å². The quantitative estimate of drug-likeness (QED) is 0.839. The second kappa shape index (κ2) is 4.99. The summed E-state index contributed by atoms with van der Waals surface area (Å²) in [5.74, 6) is 0.497. The van der Waals surface area contributed by atoms with Gasteiger partial charge in [0, 0.05) is 0 Å². The van der Waals surface area contributed by atoms with E-state index in [0.29, 0.717) is 10.2 Å². The van der Waals surface area contributed by atoms with E-state index in [4.69, 9.17) is 4.74 Å². The number of hydrogen-bond donors (Lipinski definition) is 0. The zero-order valence-electron chi connectivity index (χ0n) is 9.28. The minimum Gasteiger partial charge on any atom is -0.494 e. The van der Waals surface area contributed by atoms with E-state index < -0.39 is 0 Å². The van der Waals surface area contributed by atoms with Crippen molar-refractivity contribution >= 4 is 15.9 Å². The van der Waals surface area contributed by atoms with Crippen molar-refractivity contribution in [2.45, 2.75) is 38.1 Å². The van der Waals surface area contributed by atoms with Crippen molar-refractivity contribution in [1.82, 2.24) is 9.78 Å². The molecule has 1 aliphatic carbocycles. The van der Waals surface area contributed by atoms with Crippen LogP contribution in [0.1, 0.15) is 38.1 Å². The molecule has 0 spiro atoms. The molecule has 0 aliphatic heterocycles. The van der Waals surface area contributed by atoms with Crippen molar-refractivity contribution in [1.29, 1.82) is 0 Å². The summed E-state index contributed by atoms with van der Waals surface area (Å²) in [5, 5.41) is 4.18. The van der Waals surface area contributed by atoms with Crippen molar-refractivity contribution in [3.8, 4) is 5.75 Å². The fourth-order valence-corrected chi connectivity index (χ4v) is 2.60. The summed E-state index contributed by atoms with van der Waals surface area (Å²) in [5.41, 5.74) is -0.0914. The standard InChI is InChI=1S/C11H15BrN2O2/c1-16-9-7-13-14(11(15)10(9)12)8-5-3-2-4-6-8/h7-8H,2-6H2,1H3. The minimum atomic E-state index is -0.0914. The van der Waals surface area contributed by atoms with E-state index in [9.17, 15) is 4.79 Å². The molecule has 1 fully saturated rings. The predicted molar refractivity (Wildman–Crippen MR) is 64.9 cm³/mol. The first-order valence-electron chi connectivity index (χ1n) is 5.55. The molecule has 1 aliphatic rings. The lowest BCUT2D eigenvalue weighted by molar-refractivity contribution is 0.312. The van der Waals surface area contributed by atoms with Gasteiger partial charge in [0.2, 0.25) is 0 Å². The highest BCUT2D eigenvalue weighted by molar-refractivity contribution is 9.10. The van der Waals surface area contributed by atoms with E-state index in [2.05, 4.69) is 21.0 Å². The Morgan fingerprint density at radius 1 is 1.44 bits per heavy atom. The van der Waals surface area contributed by atoms with Crippen LogP contribution in [0.4, 0.5) is 0 Å². The molecule has 5 heteroatoms. The molecule has 0 aromatic carbocycles. The summed E-state index contributed by atoms with van der Waals surface area (Å²) in [6.45, 7) is 0. The summed E-state index contributed by atoms with van der Waals surface area (Å²) >= 11 is 3.26. The average molecular weight is 287 g/mol. The van der Waals surface area contributed by atoms with Crippen LogP contribution in [0.5, 0.6) is 5.75 Å². The van der Waals surface area contributed by atoms with Crippen LogP contribution in [0.3, 0.4) is 0 Å². The van der Waals surface area contributed by atoms with Gasteiger partial charge in [0.1, 0.15) is 4.47 Å². The van der Waals surface area contributed by atoms with Crippen LogP contribution in [0, 0.1) is 0 Å². The molecule has 0 radical (unpaired) electrons. The van der Waals surface area contributed by atoms with Crippen molar-refractivity contribution < 1.29 is 4.74 Å². The van der Waals surface area contributed by atoms with Crippen molar-refractivity contribution in [2.75, 3.05) is 7.11 Å². The Labute approximate surface area is 103 Å². The zero-order valence-corrected chi connectivity index (χ0v) is 10.9. The zero-order chi connectivity index (χ0) is 11.5. The molecule has 1 aromatic rings. The van der Waals surface area contributed by atoms with E-state index in [0.717, 1.165) is 12.8 Å². The average Bonchev–Trinajstić information content (AvgIpc) is 2.34.